The Balaban J connectivity index is 0.000000500. The standard InChI is InChI=1S/C6H5NO2.Pt/c1-4-5-2-3-8-6(5)9-7-4;/h2-3H,1H3;. The van der Waals surface area contributed by atoms with E-state index in [-0.39, 0.29) is 21.1 Å². The summed E-state index contributed by atoms with van der Waals surface area (Å²) in [4.78, 5) is 0. The van der Waals surface area contributed by atoms with Crippen molar-refractivity contribution in [3.63, 3.8) is 0 Å². The predicted molar refractivity (Wildman–Crippen MR) is 31.0 cm³/mol. The third-order valence-electron chi connectivity index (χ3n) is 1.28. The summed E-state index contributed by atoms with van der Waals surface area (Å²) < 4.78 is 9.68. The maximum absolute atomic E-state index is 4.91. The molecule has 0 atom stereocenters. The summed E-state index contributed by atoms with van der Waals surface area (Å²) >= 11 is 0. The molecule has 0 fully saturated rings. The fraction of sp³-hybridized carbons (Fsp3) is 0.167. The molecule has 2 aromatic rings. The fourth-order valence-electron chi connectivity index (χ4n) is 0.793. The van der Waals surface area contributed by atoms with Crippen LogP contribution in [-0.4, -0.2) is 5.16 Å². The minimum Gasteiger partial charge on any atom is -0.432 e. The van der Waals surface area contributed by atoms with Gasteiger partial charge in [-0.15, -0.1) is 0 Å². The summed E-state index contributed by atoms with van der Waals surface area (Å²) in [6.45, 7) is 1.88. The van der Waals surface area contributed by atoms with E-state index < -0.39 is 0 Å². The van der Waals surface area contributed by atoms with Crippen LogP contribution in [0.1, 0.15) is 5.69 Å². The maximum atomic E-state index is 4.91. The van der Waals surface area contributed by atoms with Crippen LogP contribution in [0.2, 0.25) is 0 Å². The van der Waals surface area contributed by atoms with Gasteiger partial charge in [-0.2, -0.15) is 0 Å². The van der Waals surface area contributed by atoms with E-state index in [2.05, 4.69) is 5.16 Å². The Kier molecular flexibility index (Phi) is 1.95. The summed E-state index contributed by atoms with van der Waals surface area (Å²) in [5.41, 5.74) is 0.874. The van der Waals surface area contributed by atoms with Gasteiger partial charge in [0.25, 0.3) is 0 Å². The van der Waals surface area contributed by atoms with Gasteiger partial charge in [0.1, 0.15) is 0 Å². The molecule has 0 unspecified atom stereocenters. The summed E-state index contributed by atoms with van der Waals surface area (Å²) in [6, 6.07) is 1.83. The summed E-state index contributed by atoms with van der Waals surface area (Å²) in [5.74, 6) is 0.507. The van der Waals surface area contributed by atoms with E-state index >= 15 is 0 Å². The van der Waals surface area contributed by atoms with Gasteiger partial charge < -0.3 is 8.94 Å². The van der Waals surface area contributed by atoms with Crippen molar-refractivity contribution >= 4 is 11.2 Å². The van der Waals surface area contributed by atoms with Crippen molar-refractivity contribution in [3.8, 4) is 0 Å². The fourth-order valence-corrected chi connectivity index (χ4v) is 0.793. The molecule has 0 bridgehead atoms. The molecule has 2 heterocycles. The van der Waals surface area contributed by atoms with Gasteiger partial charge in [0.05, 0.1) is 17.3 Å². The molecule has 0 aromatic carbocycles. The van der Waals surface area contributed by atoms with Gasteiger partial charge in [-0.25, -0.2) is 0 Å². The summed E-state index contributed by atoms with van der Waals surface area (Å²) in [6.07, 6.45) is 1.59. The zero-order chi connectivity index (χ0) is 6.27. The minimum absolute atomic E-state index is 0. The predicted octanol–water partition coefficient (Wildman–Crippen LogP) is 1.73. The molecule has 0 aliphatic rings. The average molecular weight is 318 g/mol. The smallest absolute Gasteiger partial charge is 0.323 e. The number of aryl methyl sites for hydroxylation is 1. The van der Waals surface area contributed by atoms with Crippen LogP contribution in [0.15, 0.2) is 21.3 Å². The second-order valence-corrected chi connectivity index (χ2v) is 1.89. The molecule has 2 rings (SSSR count). The molecule has 0 aliphatic heterocycles. The molecule has 3 nitrogen and oxygen atoms in total. The number of aromatic nitrogens is 1. The first-order chi connectivity index (χ1) is 4.38. The second kappa shape index (κ2) is 2.59. The van der Waals surface area contributed by atoms with Crippen LogP contribution in [0.4, 0.5) is 0 Å². The van der Waals surface area contributed by atoms with Gasteiger partial charge >= 0.3 is 5.78 Å². The molecular weight excluding hydrogens is 313 g/mol. The van der Waals surface area contributed by atoms with E-state index in [9.17, 15) is 0 Å². The monoisotopic (exact) mass is 318 g/mol. The summed E-state index contributed by atoms with van der Waals surface area (Å²) in [5, 5.41) is 4.64. The van der Waals surface area contributed by atoms with Gasteiger partial charge in [-0.3, -0.25) is 0 Å². The molecule has 0 spiro atoms. The van der Waals surface area contributed by atoms with Crippen molar-refractivity contribution in [2.45, 2.75) is 6.92 Å². The van der Waals surface area contributed by atoms with Gasteiger partial charge in [0, 0.05) is 21.1 Å². The van der Waals surface area contributed by atoms with Crippen LogP contribution in [0.5, 0.6) is 0 Å². The van der Waals surface area contributed by atoms with E-state index in [0.29, 0.717) is 5.78 Å². The minimum atomic E-state index is 0. The molecule has 0 saturated heterocycles. The molecule has 4 heteroatoms. The van der Waals surface area contributed by atoms with E-state index in [1.54, 1.807) is 6.26 Å². The maximum Gasteiger partial charge on any atom is 0.323 e. The first-order valence-corrected chi connectivity index (χ1v) is 2.67. The molecule has 2 aromatic heterocycles. The Hall–Kier alpha value is -0.562. The number of fused-ring (bicyclic) bond motifs is 1. The number of hydrogen-bond donors (Lipinski definition) is 0. The van der Waals surface area contributed by atoms with E-state index in [1.165, 1.54) is 0 Å². The zero-order valence-electron chi connectivity index (χ0n) is 5.23. The van der Waals surface area contributed by atoms with Crippen LogP contribution in [0.25, 0.3) is 11.2 Å². The Morgan fingerprint density at radius 1 is 1.50 bits per heavy atom. The molecular formula is C6H5NO2Pt. The quantitative estimate of drug-likeness (QED) is 0.743. The number of nitrogens with zero attached hydrogens (tertiary/aromatic N) is 1. The van der Waals surface area contributed by atoms with Crippen LogP contribution in [-0.2, 0) is 21.1 Å². The van der Waals surface area contributed by atoms with Crippen molar-refractivity contribution in [2.75, 3.05) is 0 Å². The van der Waals surface area contributed by atoms with E-state index in [0.717, 1.165) is 11.1 Å². The average Bonchev–Trinajstić information content (AvgIpc) is 2.35. The molecule has 0 radical (unpaired) electrons. The van der Waals surface area contributed by atoms with Crippen LogP contribution < -0.4 is 0 Å². The molecule has 56 valence electrons. The number of furan rings is 1. The third kappa shape index (κ3) is 0.907. The van der Waals surface area contributed by atoms with Crippen molar-refractivity contribution in [1.29, 1.82) is 0 Å². The molecule has 10 heavy (non-hydrogen) atoms. The van der Waals surface area contributed by atoms with Crippen LogP contribution in [0, 0.1) is 6.92 Å². The number of hydrogen-bond acceptors (Lipinski definition) is 3. The SMILES string of the molecule is Cc1noc2occc12.[Pt]. The molecule has 0 aliphatic carbocycles. The normalized spacial score (nSPS) is 9.70. The Morgan fingerprint density at radius 3 is 3.00 bits per heavy atom. The second-order valence-electron chi connectivity index (χ2n) is 1.89. The van der Waals surface area contributed by atoms with Crippen LogP contribution >= 0.6 is 0 Å². The summed E-state index contributed by atoms with van der Waals surface area (Å²) in [7, 11) is 0. The Labute approximate surface area is 71.6 Å². The Morgan fingerprint density at radius 2 is 2.30 bits per heavy atom. The van der Waals surface area contributed by atoms with Gasteiger partial charge in [-0.05, 0) is 13.0 Å². The largest absolute Gasteiger partial charge is 0.432 e. The van der Waals surface area contributed by atoms with Gasteiger partial charge in [0.15, 0.2) is 0 Å². The molecule has 0 N–H and O–H groups in total. The topological polar surface area (TPSA) is 39.2 Å². The zero-order valence-corrected chi connectivity index (χ0v) is 7.51. The van der Waals surface area contributed by atoms with Crippen molar-refractivity contribution in [1.82, 2.24) is 5.16 Å². The molecule has 0 saturated carbocycles. The van der Waals surface area contributed by atoms with Crippen molar-refractivity contribution in [2.24, 2.45) is 0 Å². The first-order valence-electron chi connectivity index (χ1n) is 2.67. The molecule has 0 amide bonds. The third-order valence-corrected chi connectivity index (χ3v) is 1.28. The van der Waals surface area contributed by atoms with Gasteiger partial charge in [0.2, 0.25) is 0 Å². The van der Waals surface area contributed by atoms with E-state index in [4.69, 9.17) is 8.94 Å². The van der Waals surface area contributed by atoms with Crippen LogP contribution in [0.3, 0.4) is 0 Å². The van der Waals surface area contributed by atoms with Gasteiger partial charge in [-0.1, -0.05) is 5.16 Å². The van der Waals surface area contributed by atoms with E-state index in [1.807, 2.05) is 13.0 Å². The Bertz CT molecular complexity index is 325. The van der Waals surface area contributed by atoms with Crippen molar-refractivity contribution in [3.05, 3.63) is 18.0 Å². The first kappa shape index (κ1) is 7.54. The van der Waals surface area contributed by atoms with Crippen molar-refractivity contribution < 1.29 is 30.0 Å². The number of rotatable bonds is 0.